The van der Waals surface area contributed by atoms with Crippen molar-refractivity contribution in [2.24, 2.45) is 5.73 Å². The number of carbonyl (C=O) groups is 1. The monoisotopic (exact) mass is 242 g/mol. The molecule has 0 aromatic rings. The number of amides is 2. The van der Waals surface area contributed by atoms with Gasteiger partial charge in [0.2, 0.25) is 0 Å². The van der Waals surface area contributed by atoms with Crippen molar-refractivity contribution in [1.82, 2.24) is 15.1 Å². The van der Waals surface area contributed by atoms with Crippen LogP contribution in [0, 0.1) is 0 Å². The molecule has 0 aromatic heterocycles. The lowest BCUT2D eigenvalue weighted by Gasteiger charge is -2.21. The first-order valence-corrected chi connectivity index (χ1v) is 6.67. The molecule has 1 heterocycles. The molecule has 1 fully saturated rings. The second-order valence-corrected chi connectivity index (χ2v) is 4.59. The van der Waals surface area contributed by atoms with Crippen molar-refractivity contribution in [3.05, 3.63) is 0 Å². The van der Waals surface area contributed by atoms with Crippen LogP contribution in [-0.2, 0) is 0 Å². The molecule has 5 heteroatoms. The minimum atomic E-state index is 0.0509. The third-order valence-electron chi connectivity index (χ3n) is 3.27. The van der Waals surface area contributed by atoms with E-state index in [9.17, 15) is 4.79 Å². The number of nitrogens with two attached hydrogens (primary N) is 1. The summed E-state index contributed by atoms with van der Waals surface area (Å²) in [5.41, 5.74) is 5.47. The standard InChI is InChI=1S/C12H26N4O/c1-14-12(17)16-9-5-8-15(10-11-16)7-4-2-3-6-13/h2-11,13H2,1H3,(H,14,17). The third kappa shape index (κ3) is 5.37. The smallest absolute Gasteiger partial charge is 0.317 e. The number of urea groups is 1. The van der Waals surface area contributed by atoms with Crippen LogP contribution in [-0.4, -0.2) is 62.1 Å². The van der Waals surface area contributed by atoms with Gasteiger partial charge >= 0.3 is 6.03 Å². The van der Waals surface area contributed by atoms with Gasteiger partial charge in [0.05, 0.1) is 0 Å². The molecule has 1 aliphatic rings. The number of hydrogen-bond donors (Lipinski definition) is 2. The molecule has 5 nitrogen and oxygen atoms in total. The number of unbranched alkanes of at least 4 members (excludes halogenated alkanes) is 2. The zero-order valence-electron chi connectivity index (χ0n) is 11.0. The highest BCUT2D eigenvalue weighted by atomic mass is 16.2. The van der Waals surface area contributed by atoms with E-state index in [1.807, 2.05) is 4.90 Å². The van der Waals surface area contributed by atoms with Gasteiger partial charge in [-0.2, -0.15) is 0 Å². The molecule has 1 rings (SSSR count). The molecule has 3 N–H and O–H groups in total. The quantitative estimate of drug-likeness (QED) is 0.689. The van der Waals surface area contributed by atoms with Crippen LogP contribution < -0.4 is 11.1 Å². The average Bonchev–Trinajstić information content (AvgIpc) is 2.59. The molecule has 0 spiro atoms. The maximum absolute atomic E-state index is 11.5. The predicted octanol–water partition coefficient (Wildman–Crippen LogP) is 0.463. The Kier molecular flexibility index (Phi) is 6.96. The van der Waals surface area contributed by atoms with Crippen molar-refractivity contribution >= 4 is 6.03 Å². The predicted molar refractivity (Wildman–Crippen MR) is 70.0 cm³/mol. The number of carbonyl (C=O) groups excluding carboxylic acids is 1. The van der Waals surface area contributed by atoms with Gasteiger partial charge in [0.25, 0.3) is 0 Å². The number of nitrogens with one attached hydrogen (secondary N) is 1. The molecule has 1 saturated heterocycles. The van der Waals surface area contributed by atoms with Gasteiger partial charge in [0.1, 0.15) is 0 Å². The molecule has 100 valence electrons. The van der Waals surface area contributed by atoms with Gasteiger partial charge in [0.15, 0.2) is 0 Å². The zero-order valence-corrected chi connectivity index (χ0v) is 11.0. The highest BCUT2D eigenvalue weighted by Crippen LogP contribution is 2.05. The summed E-state index contributed by atoms with van der Waals surface area (Å²) in [4.78, 5) is 15.9. The fraction of sp³-hybridized carbons (Fsp3) is 0.917. The highest BCUT2D eigenvalue weighted by molar-refractivity contribution is 5.73. The molecule has 0 aliphatic carbocycles. The van der Waals surface area contributed by atoms with E-state index in [4.69, 9.17) is 5.73 Å². The summed E-state index contributed by atoms with van der Waals surface area (Å²) in [6.07, 6.45) is 4.63. The molecule has 2 amide bonds. The summed E-state index contributed by atoms with van der Waals surface area (Å²) in [5, 5.41) is 2.69. The Morgan fingerprint density at radius 1 is 1.18 bits per heavy atom. The molecule has 0 radical (unpaired) electrons. The van der Waals surface area contributed by atoms with Crippen molar-refractivity contribution in [2.75, 3.05) is 46.3 Å². The van der Waals surface area contributed by atoms with Crippen LogP contribution in [0.3, 0.4) is 0 Å². The van der Waals surface area contributed by atoms with Gasteiger partial charge in [-0.25, -0.2) is 4.79 Å². The fourth-order valence-electron chi connectivity index (χ4n) is 2.21. The maximum Gasteiger partial charge on any atom is 0.317 e. The van der Waals surface area contributed by atoms with E-state index in [-0.39, 0.29) is 6.03 Å². The summed E-state index contributed by atoms with van der Waals surface area (Å²) >= 11 is 0. The molecule has 17 heavy (non-hydrogen) atoms. The number of rotatable bonds is 5. The second-order valence-electron chi connectivity index (χ2n) is 4.59. The first-order valence-electron chi connectivity index (χ1n) is 6.67. The van der Waals surface area contributed by atoms with E-state index in [1.54, 1.807) is 7.05 Å². The highest BCUT2D eigenvalue weighted by Gasteiger charge is 2.17. The van der Waals surface area contributed by atoms with E-state index in [0.29, 0.717) is 0 Å². The Labute approximate surface area is 104 Å². The van der Waals surface area contributed by atoms with Crippen LogP contribution in [0.1, 0.15) is 25.7 Å². The lowest BCUT2D eigenvalue weighted by atomic mass is 10.2. The topological polar surface area (TPSA) is 61.6 Å². The van der Waals surface area contributed by atoms with Crippen LogP contribution in [0.2, 0.25) is 0 Å². The molecular weight excluding hydrogens is 216 g/mol. The second kappa shape index (κ2) is 8.31. The maximum atomic E-state index is 11.5. The Morgan fingerprint density at radius 3 is 2.71 bits per heavy atom. The molecule has 0 atom stereocenters. The summed E-state index contributed by atoms with van der Waals surface area (Å²) < 4.78 is 0. The van der Waals surface area contributed by atoms with Crippen molar-refractivity contribution in [3.63, 3.8) is 0 Å². The lowest BCUT2D eigenvalue weighted by molar-refractivity contribution is 0.200. The summed E-state index contributed by atoms with van der Waals surface area (Å²) in [6.45, 7) is 5.76. The van der Waals surface area contributed by atoms with Crippen molar-refractivity contribution < 1.29 is 4.79 Å². The van der Waals surface area contributed by atoms with Crippen molar-refractivity contribution in [3.8, 4) is 0 Å². The Bertz CT molecular complexity index is 223. The fourth-order valence-corrected chi connectivity index (χ4v) is 2.21. The molecule has 0 bridgehead atoms. The van der Waals surface area contributed by atoms with Gasteiger partial charge in [-0.1, -0.05) is 6.42 Å². The first-order chi connectivity index (χ1) is 8.27. The minimum Gasteiger partial charge on any atom is -0.341 e. The van der Waals surface area contributed by atoms with E-state index in [2.05, 4.69) is 10.2 Å². The van der Waals surface area contributed by atoms with Crippen LogP contribution in [0.25, 0.3) is 0 Å². The summed E-state index contributed by atoms with van der Waals surface area (Å²) in [7, 11) is 1.69. The molecule has 1 aliphatic heterocycles. The van der Waals surface area contributed by atoms with Crippen LogP contribution in [0.5, 0.6) is 0 Å². The average molecular weight is 242 g/mol. The normalized spacial score (nSPS) is 17.9. The van der Waals surface area contributed by atoms with E-state index in [0.717, 1.165) is 52.1 Å². The van der Waals surface area contributed by atoms with E-state index < -0.39 is 0 Å². The van der Waals surface area contributed by atoms with Crippen LogP contribution >= 0.6 is 0 Å². The largest absolute Gasteiger partial charge is 0.341 e. The van der Waals surface area contributed by atoms with E-state index >= 15 is 0 Å². The van der Waals surface area contributed by atoms with Gasteiger partial charge in [-0.3, -0.25) is 0 Å². The number of nitrogens with zero attached hydrogens (tertiary/aromatic N) is 2. The van der Waals surface area contributed by atoms with Gasteiger partial charge in [0, 0.05) is 26.7 Å². The summed E-state index contributed by atoms with van der Waals surface area (Å²) in [6, 6.07) is 0.0509. The Hall–Kier alpha value is -0.810. The first kappa shape index (κ1) is 14.3. The minimum absolute atomic E-state index is 0.0509. The molecule has 0 saturated carbocycles. The molecular formula is C12H26N4O. The van der Waals surface area contributed by atoms with Gasteiger partial charge in [-0.05, 0) is 38.9 Å². The van der Waals surface area contributed by atoms with Crippen LogP contribution in [0.15, 0.2) is 0 Å². The number of hydrogen-bond acceptors (Lipinski definition) is 3. The van der Waals surface area contributed by atoms with Gasteiger partial charge < -0.3 is 20.9 Å². The summed E-state index contributed by atoms with van der Waals surface area (Å²) in [5.74, 6) is 0. The SMILES string of the molecule is CNC(=O)N1CCCN(CCCCCN)CC1. The van der Waals surface area contributed by atoms with Crippen LogP contribution in [0.4, 0.5) is 4.79 Å². The third-order valence-corrected chi connectivity index (χ3v) is 3.27. The van der Waals surface area contributed by atoms with Crippen molar-refractivity contribution in [2.45, 2.75) is 25.7 Å². The lowest BCUT2D eigenvalue weighted by Crippen LogP contribution is -2.40. The molecule has 0 aromatic carbocycles. The molecule has 0 unspecified atom stereocenters. The Morgan fingerprint density at radius 2 is 2.00 bits per heavy atom. The van der Waals surface area contributed by atoms with E-state index in [1.165, 1.54) is 12.8 Å². The van der Waals surface area contributed by atoms with Crippen molar-refractivity contribution in [1.29, 1.82) is 0 Å². The van der Waals surface area contributed by atoms with Gasteiger partial charge in [-0.15, -0.1) is 0 Å². The Balaban J connectivity index is 2.20. The zero-order chi connectivity index (χ0) is 12.5.